The zero-order valence-electron chi connectivity index (χ0n) is 2.11. The molecule has 0 saturated carbocycles. The Balaban J connectivity index is -0.00000000167. The molecular formula is EuOSTbY. The molecule has 5 heavy (non-hydrogen) atoms. The van der Waals surface area contributed by atoms with Crippen molar-refractivity contribution in [1.29, 1.82) is 0 Å². The van der Waals surface area contributed by atoms with Gasteiger partial charge in [0.15, 0.2) is 12.5 Å². The topological polar surface area (TPSA) is 17.1 Å². The van der Waals surface area contributed by atoms with Gasteiger partial charge in [0.2, 0.25) is 0 Å². The second-order valence-electron chi connectivity index (χ2n) is 0. The average Bonchev–Trinajstić information content (AvgIpc) is 1.00. The molecule has 3 radical (unpaired) electrons. The Kier molecular flexibility index (Phi) is 113. The fourth-order valence-corrected chi connectivity index (χ4v) is 0. The molecule has 1 nitrogen and oxygen atoms in total. The summed E-state index contributed by atoms with van der Waals surface area (Å²) >= 11 is 2.83. The van der Waals surface area contributed by atoms with E-state index in [9.17, 15) is 0 Å². The molecule has 0 saturated heterocycles. The van der Waals surface area contributed by atoms with Crippen LogP contribution in [0, 0.1) is 88.0 Å². The first-order chi connectivity index (χ1) is 1.00. The largest absolute Gasteiger partial charge is 0.197 e. The van der Waals surface area contributed by atoms with Crippen LogP contribution in [0.25, 0.3) is 0 Å². The summed E-state index contributed by atoms with van der Waals surface area (Å²) in [5.74, 6) is 0. The van der Waals surface area contributed by atoms with Crippen molar-refractivity contribution in [3.05, 3.63) is 0 Å². The molecule has 0 aromatic rings. The van der Waals surface area contributed by atoms with Gasteiger partial charge < -0.3 is 0 Å². The van der Waals surface area contributed by atoms with E-state index in [1.165, 1.54) is 0 Å². The van der Waals surface area contributed by atoms with Gasteiger partial charge in [-0.05, 0) is 0 Å². The van der Waals surface area contributed by atoms with Gasteiger partial charge in [-0.15, -0.1) is 0 Å². The van der Waals surface area contributed by atoms with Gasteiger partial charge in [0.05, 0.1) is 0 Å². The first-order valence-electron chi connectivity index (χ1n) is 0.167. The van der Waals surface area contributed by atoms with Crippen molar-refractivity contribution in [2.24, 2.45) is 0 Å². The molecule has 0 amide bonds. The zero-order valence-corrected chi connectivity index (χ0v) is 10.3. The van der Waals surface area contributed by atoms with E-state index in [0.717, 1.165) is 0 Å². The summed E-state index contributed by atoms with van der Waals surface area (Å²) in [5.41, 5.74) is 0. The van der Waals surface area contributed by atoms with Gasteiger partial charge in [-0.3, -0.25) is 0 Å². The summed E-state index contributed by atoms with van der Waals surface area (Å²) in [6, 6.07) is 0. The summed E-state index contributed by atoms with van der Waals surface area (Å²) in [7, 11) is 0. The minimum absolute atomic E-state index is 0. The summed E-state index contributed by atoms with van der Waals surface area (Å²) in [4.78, 5) is 0. The van der Waals surface area contributed by atoms with E-state index < -0.39 is 0 Å². The van der Waals surface area contributed by atoms with Crippen molar-refractivity contribution in [2.75, 3.05) is 0 Å². The third kappa shape index (κ3) is 18.0. The fraction of sp³-hybridized carbons (Fsp3) is 0. The second kappa shape index (κ2) is 24.5. The molecule has 0 atom stereocenters. The Bertz CT molecular complexity index is 11.6. The molecule has 0 aromatic heterocycles. The molecule has 0 fully saturated rings. The summed E-state index contributed by atoms with van der Waals surface area (Å²) in [6.07, 6.45) is 0. The van der Waals surface area contributed by atoms with Crippen LogP contribution in [0.2, 0.25) is 0 Å². The van der Waals surface area contributed by atoms with Gasteiger partial charge in [0.25, 0.3) is 0 Å². The number of hydrogen-bond acceptors (Lipinski definition) is 2. The monoisotopic (exact) mass is 449 g/mol. The van der Waals surface area contributed by atoms with Crippen molar-refractivity contribution < 1.29 is 125 Å². The molecular weight excluding hydrogens is 448 g/mol. The van der Waals surface area contributed by atoms with Crippen molar-refractivity contribution in [2.45, 2.75) is 0 Å². The molecule has 0 N–H and O–H groups in total. The van der Waals surface area contributed by atoms with Crippen LogP contribution in [-0.4, -0.2) is 4.21 Å². The molecule has 0 bridgehead atoms. The van der Waals surface area contributed by atoms with Crippen LogP contribution in [0.4, 0.5) is 0 Å². The Labute approximate surface area is 133 Å². The van der Waals surface area contributed by atoms with Gasteiger partial charge >= 0.3 is 0 Å². The van der Waals surface area contributed by atoms with Gasteiger partial charge in [-0.2, -0.15) is 4.21 Å². The Morgan fingerprint density at radius 3 is 1.20 bits per heavy atom. The maximum Gasteiger partial charge on any atom is 0.197 e. The normalized spacial score (nSPS) is 0.800. The molecule has 0 spiro atoms. The summed E-state index contributed by atoms with van der Waals surface area (Å²) < 4.78 is 7.83. The molecule has 31 valence electrons. The summed E-state index contributed by atoms with van der Waals surface area (Å²) in [6.45, 7) is 0. The number of rotatable bonds is 0. The predicted molar refractivity (Wildman–Crippen MR) is 8.14 cm³/mol. The summed E-state index contributed by atoms with van der Waals surface area (Å²) in [5, 5.41) is 0. The fourth-order valence-electron chi connectivity index (χ4n) is 0. The van der Waals surface area contributed by atoms with E-state index in [2.05, 4.69) is 12.5 Å². The Morgan fingerprint density at radius 1 is 1.20 bits per heavy atom. The Hall–Kier alpha value is 3.99. The van der Waals surface area contributed by atoms with Crippen LogP contribution in [0.5, 0.6) is 0 Å². The van der Waals surface area contributed by atoms with Crippen LogP contribution < -0.4 is 0 Å². The predicted octanol–water partition coefficient (Wildman–Crippen LogP) is -0.339. The molecule has 0 unspecified atom stereocenters. The van der Waals surface area contributed by atoms with E-state index in [-0.39, 0.29) is 121 Å². The van der Waals surface area contributed by atoms with E-state index in [1.54, 1.807) is 0 Å². The zero-order chi connectivity index (χ0) is 2.00. The van der Waals surface area contributed by atoms with Crippen LogP contribution in [0.3, 0.4) is 0 Å². The standard InChI is InChI=1S/Eu.OS.Tb.Y/c;1-2;;. The van der Waals surface area contributed by atoms with E-state index >= 15 is 0 Å². The third-order valence-corrected chi connectivity index (χ3v) is 0. The molecule has 0 heterocycles. The van der Waals surface area contributed by atoms with Crippen LogP contribution in [0.1, 0.15) is 0 Å². The molecule has 5 heteroatoms. The third-order valence-electron chi connectivity index (χ3n) is 0. The van der Waals surface area contributed by atoms with Gasteiger partial charge in [0.1, 0.15) is 0 Å². The maximum absolute atomic E-state index is 7.83. The molecule has 0 aromatic carbocycles. The first-order valence-corrected chi connectivity index (χ1v) is 0.500. The van der Waals surface area contributed by atoms with Crippen molar-refractivity contribution in [3.8, 4) is 0 Å². The molecule has 0 aliphatic rings. The van der Waals surface area contributed by atoms with Crippen LogP contribution in [-0.2, 0) is 45.2 Å². The van der Waals surface area contributed by atoms with Crippen LogP contribution in [0.15, 0.2) is 0 Å². The van der Waals surface area contributed by atoms with E-state index in [1.807, 2.05) is 0 Å². The van der Waals surface area contributed by atoms with Crippen molar-refractivity contribution >= 4 is 12.5 Å². The first kappa shape index (κ1) is 23.0. The van der Waals surface area contributed by atoms with Crippen LogP contribution >= 0.6 is 0 Å². The van der Waals surface area contributed by atoms with Crippen molar-refractivity contribution in [1.82, 2.24) is 0 Å². The molecule has 0 aliphatic carbocycles. The maximum atomic E-state index is 7.83. The quantitative estimate of drug-likeness (QED) is 0.505. The second-order valence-corrected chi connectivity index (χ2v) is 0. The van der Waals surface area contributed by atoms with Gasteiger partial charge in [-0.1, -0.05) is 0 Å². The molecule has 0 aliphatic heterocycles. The Morgan fingerprint density at radius 2 is 1.20 bits per heavy atom. The molecule has 0 rings (SSSR count). The minimum atomic E-state index is 0. The minimum Gasteiger partial charge on any atom is -0.197 e. The smallest absolute Gasteiger partial charge is 0.197 e. The average molecular weight is 448 g/mol. The van der Waals surface area contributed by atoms with Gasteiger partial charge in [-0.25, -0.2) is 0 Å². The van der Waals surface area contributed by atoms with Crippen molar-refractivity contribution in [3.63, 3.8) is 0 Å². The SMILES string of the molecule is O=S.[Eu].[Tb].[Y]. The van der Waals surface area contributed by atoms with E-state index in [0.29, 0.717) is 0 Å². The number of hydrogen-bond donors (Lipinski definition) is 0. The van der Waals surface area contributed by atoms with E-state index in [4.69, 9.17) is 4.21 Å². The van der Waals surface area contributed by atoms with Gasteiger partial charge in [0, 0.05) is 121 Å².